The SMILES string of the molecule is CC(C)CC(C)CCCC1CC2CC(C)C12. The van der Waals surface area contributed by atoms with Gasteiger partial charge in [-0.15, -0.1) is 0 Å². The molecule has 0 nitrogen and oxygen atoms in total. The van der Waals surface area contributed by atoms with Gasteiger partial charge in [0.25, 0.3) is 0 Å². The van der Waals surface area contributed by atoms with Gasteiger partial charge in [-0.05, 0) is 54.8 Å². The number of hydrogen-bond acceptors (Lipinski definition) is 0. The molecular formula is C16H30. The van der Waals surface area contributed by atoms with Crippen LogP contribution in [-0.4, -0.2) is 0 Å². The molecule has 2 saturated carbocycles. The average Bonchev–Trinajstić information content (AvgIpc) is 2.13. The zero-order chi connectivity index (χ0) is 11.7. The Morgan fingerprint density at radius 2 is 1.88 bits per heavy atom. The van der Waals surface area contributed by atoms with Crippen molar-refractivity contribution in [3.05, 3.63) is 0 Å². The summed E-state index contributed by atoms with van der Waals surface area (Å²) in [7, 11) is 0. The zero-order valence-electron chi connectivity index (χ0n) is 11.7. The van der Waals surface area contributed by atoms with Gasteiger partial charge in [0.15, 0.2) is 0 Å². The highest BCUT2D eigenvalue weighted by molar-refractivity contribution is 5.00. The van der Waals surface area contributed by atoms with Crippen molar-refractivity contribution in [2.75, 3.05) is 0 Å². The third-order valence-electron chi connectivity index (χ3n) is 5.17. The first-order chi connectivity index (χ1) is 7.58. The summed E-state index contributed by atoms with van der Waals surface area (Å²) in [5, 5.41) is 0. The summed E-state index contributed by atoms with van der Waals surface area (Å²) in [6.07, 6.45) is 9.05. The molecule has 2 rings (SSSR count). The largest absolute Gasteiger partial charge is 0.0628 e. The highest BCUT2D eigenvalue weighted by Crippen LogP contribution is 2.59. The lowest BCUT2D eigenvalue weighted by molar-refractivity contribution is -0.0849. The molecule has 0 spiro atoms. The second-order valence-electron chi connectivity index (χ2n) is 7.21. The maximum atomic E-state index is 2.47. The molecular weight excluding hydrogens is 192 g/mol. The molecule has 5 atom stereocenters. The Morgan fingerprint density at radius 1 is 1.12 bits per heavy atom. The van der Waals surface area contributed by atoms with Crippen LogP contribution in [0.4, 0.5) is 0 Å². The fourth-order valence-electron chi connectivity index (χ4n) is 4.48. The van der Waals surface area contributed by atoms with Crippen LogP contribution >= 0.6 is 0 Å². The second kappa shape index (κ2) is 5.10. The Hall–Kier alpha value is 0. The molecule has 2 fully saturated rings. The Bertz CT molecular complexity index is 214. The van der Waals surface area contributed by atoms with Gasteiger partial charge in [0.05, 0.1) is 0 Å². The minimum absolute atomic E-state index is 0.884. The molecule has 0 heterocycles. The molecule has 5 unspecified atom stereocenters. The molecule has 0 saturated heterocycles. The highest BCUT2D eigenvalue weighted by Gasteiger charge is 2.50. The Kier molecular flexibility index (Phi) is 3.97. The third-order valence-corrected chi connectivity index (χ3v) is 5.17. The van der Waals surface area contributed by atoms with Gasteiger partial charge in [0.1, 0.15) is 0 Å². The maximum absolute atomic E-state index is 2.47. The molecule has 0 radical (unpaired) electrons. The molecule has 2 aliphatic carbocycles. The first-order valence-corrected chi connectivity index (χ1v) is 7.58. The predicted molar refractivity (Wildman–Crippen MR) is 71.3 cm³/mol. The van der Waals surface area contributed by atoms with Crippen LogP contribution in [0.1, 0.15) is 66.2 Å². The van der Waals surface area contributed by atoms with Gasteiger partial charge in [-0.3, -0.25) is 0 Å². The van der Waals surface area contributed by atoms with Crippen molar-refractivity contribution in [3.63, 3.8) is 0 Å². The van der Waals surface area contributed by atoms with Crippen molar-refractivity contribution in [3.8, 4) is 0 Å². The van der Waals surface area contributed by atoms with Crippen molar-refractivity contribution in [2.24, 2.45) is 35.5 Å². The average molecular weight is 222 g/mol. The van der Waals surface area contributed by atoms with Crippen LogP contribution in [0.25, 0.3) is 0 Å². The second-order valence-corrected chi connectivity index (χ2v) is 7.21. The Morgan fingerprint density at radius 3 is 2.44 bits per heavy atom. The van der Waals surface area contributed by atoms with E-state index in [-0.39, 0.29) is 0 Å². The van der Waals surface area contributed by atoms with Crippen molar-refractivity contribution in [1.82, 2.24) is 0 Å². The first-order valence-electron chi connectivity index (χ1n) is 7.58. The quantitative estimate of drug-likeness (QED) is 0.584. The lowest BCUT2D eigenvalue weighted by Gasteiger charge is -2.58. The molecule has 0 aliphatic heterocycles. The Labute approximate surface area is 102 Å². The van der Waals surface area contributed by atoms with E-state index in [4.69, 9.17) is 0 Å². The lowest BCUT2D eigenvalue weighted by Crippen LogP contribution is -2.50. The molecule has 0 aromatic carbocycles. The maximum Gasteiger partial charge on any atom is -0.0331 e. The molecule has 0 heteroatoms. The van der Waals surface area contributed by atoms with E-state index in [2.05, 4.69) is 27.7 Å². The van der Waals surface area contributed by atoms with Gasteiger partial charge in [-0.2, -0.15) is 0 Å². The molecule has 0 bridgehead atoms. The van der Waals surface area contributed by atoms with E-state index >= 15 is 0 Å². The van der Waals surface area contributed by atoms with E-state index in [0.717, 1.165) is 35.5 Å². The minimum atomic E-state index is 0.884. The standard InChI is InChI=1S/C16H30/c1-11(2)8-12(3)6-5-7-14-10-15-9-13(4)16(14)15/h11-16H,5-10H2,1-4H3. The van der Waals surface area contributed by atoms with E-state index in [0.29, 0.717) is 0 Å². The summed E-state index contributed by atoms with van der Waals surface area (Å²) < 4.78 is 0. The van der Waals surface area contributed by atoms with Crippen LogP contribution in [0.15, 0.2) is 0 Å². The van der Waals surface area contributed by atoms with E-state index in [1.807, 2.05) is 0 Å². The fraction of sp³-hybridized carbons (Fsp3) is 1.00. The smallest absolute Gasteiger partial charge is 0.0331 e. The first kappa shape index (κ1) is 12.5. The van der Waals surface area contributed by atoms with E-state index in [1.165, 1.54) is 25.7 Å². The van der Waals surface area contributed by atoms with Crippen molar-refractivity contribution >= 4 is 0 Å². The summed E-state index contributed by atoms with van der Waals surface area (Å²) in [6, 6.07) is 0. The summed E-state index contributed by atoms with van der Waals surface area (Å²) >= 11 is 0. The molecule has 94 valence electrons. The molecule has 16 heavy (non-hydrogen) atoms. The normalized spacial score (nSPS) is 38.8. The van der Waals surface area contributed by atoms with Gasteiger partial charge < -0.3 is 0 Å². The molecule has 0 amide bonds. The van der Waals surface area contributed by atoms with Crippen molar-refractivity contribution in [2.45, 2.75) is 66.2 Å². The van der Waals surface area contributed by atoms with Gasteiger partial charge >= 0.3 is 0 Å². The molecule has 0 aromatic heterocycles. The molecule has 0 aromatic rings. The van der Waals surface area contributed by atoms with E-state index in [1.54, 1.807) is 12.8 Å². The topological polar surface area (TPSA) is 0 Å². The Balaban J connectivity index is 1.55. The van der Waals surface area contributed by atoms with Gasteiger partial charge in [-0.1, -0.05) is 47.0 Å². The summed E-state index contributed by atoms with van der Waals surface area (Å²) in [5.74, 6) is 6.34. The minimum Gasteiger partial charge on any atom is -0.0628 e. The van der Waals surface area contributed by atoms with Crippen LogP contribution in [-0.2, 0) is 0 Å². The van der Waals surface area contributed by atoms with Crippen LogP contribution in [0.2, 0.25) is 0 Å². The molecule has 2 aliphatic rings. The van der Waals surface area contributed by atoms with E-state index < -0.39 is 0 Å². The molecule has 0 N–H and O–H groups in total. The van der Waals surface area contributed by atoms with Gasteiger partial charge in [0, 0.05) is 0 Å². The fourth-order valence-corrected chi connectivity index (χ4v) is 4.48. The van der Waals surface area contributed by atoms with Crippen LogP contribution < -0.4 is 0 Å². The lowest BCUT2D eigenvalue weighted by atomic mass is 9.47. The van der Waals surface area contributed by atoms with Crippen molar-refractivity contribution < 1.29 is 0 Å². The summed E-state index contributed by atoms with van der Waals surface area (Å²) in [5.41, 5.74) is 0. The van der Waals surface area contributed by atoms with Gasteiger partial charge in [0.2, 0.25) is 0 Å². The highest BCUT2D eigenvalue weighted by atomic mass is 14.6. The van der Waals surface area contributed by atoms with Crippen LogP contribution in [0.3, 0.4) is 0 Å². The number of hydrogen-bond donors (Lipinski definition) is 0. The van der Waals surface area contributed by atoms with E-state index in [9.17, 15) is 0 Å². The monoisotopic (exact) mass is 222 g/mol. The van der Waals surface area contributed by atoms with Crippen LogP contribution in [0.5, 0.6) is 0 Å². The third kappa shape index (κ3) is 2.63. The summed E-state index contributed by atoms with van der Waals surface area (Å²) in [6.45, 7) is 9.61. The number of rotatable bonds is 6. The van der Waals surface area contributed by atoms with Crippen molar-refractivity contribution in [1.29, 1.82) is 0 Å². The summed E-state index contributed by atoms with van der Waals surface area (Å²) in [4.78, 5) is 0. The predicted octanol–water partition coefficient (Wildman–Crippen LogP) is 5.13. The van der Waals surface area contributed by atoms with Crippen LogP contribution in [0, 0.1) is 35.5 Å². The number of fused-ring (bicyclic) bond motifs is 1. The zero-order valence-corrected chi connectivity index (χ0v) is 11.7. The van der Waals surface area contributed by atoms with Gasteiger partial charge in [-0.25, -0.2) is 0 Å².